The molecule has 2 aromatic carbocycles. The van der Waals surface area contributed by atoms with Crippen molar-refractivity contribution >= 4 is 23.2 Å². The van der Waals surface area contributed by atoms with Gasteiger partial charge in [-0.1, -0.05) is 53.5 Å². The molecule has 2 aromatic rings. The molecule has 0 aliphatic rings. The minimum atomic E-state index is 0.183. The number of nitrogens with one attached hydrogen (secondary N) is 1. The lowest BCUT2D eigenvalue weighted by atomic mass is 10.0. The SMILES string of the molecule is CC(N[C@@H](C)c1ccccc1Cl)c1cccc(Cl)c1. The third-order valence-electron chi connectivity index (χ3n) is 3.22. The summed E-state index contributed by atoms with van der Waals surface area (Å²) in [6.45, 7) is 4.24. The van der Waals surface area contributed by atoms with Gasteiger partial charge in [-0.2, -0.15) is 0 Å². The van der Waals surface area contributed by atoms with Crippen LogP contribution in [0.2, 0.25) is 10.0 Å². The molecule has 0 heterocycles. The fraction of sp³-hybridized carbons (Fsp3) is 0.250. The second-order valence-electron chi connectivity index (χ2n) is 4.69. The van der Waals surface area contributed by atoms with E-state index >= 15 is 0 Å². The van der Waals surface area contributed by atoms with Crippen molar-refractivity contribution < 1.29 is 0 Å². The fourth-order valence-corrected chi connectivity index (χ4v) is 2.66. The summed E-state index contributed by atoms with van der Waals surface area (Å²) >= 11 is 12.2. The van der Waals surface area contributed by atoms with Gasteiger partial charge in [0.25, 0.3) is 0 Å². The van der Waals surface area contributed by atoms with Crippen LogP contribution in [0.1, 0.15) is 37.1 Å². The standard InChI is InChI=1S/C16H17Cl2N/c1-11(13-6-5-7-14(17)10-13)19-12(2)15-8-3-4-9-16(15)18/h3-12,19H,1-2H3/t11?,12-/m0/s1. The smallest absolute Gasteiger partial charge is 0.0453 e. The topological polar surface area (TPSA) is 12.0 Å². The van der Waals surface area contributed by atoms with Gasteiger partial charge in [0.05, 0.1) is 0 Å². The highest BCUT2D eigenvalue weighted by Gasteiger charge is 2.13. The van der Waals surface area contributed by atoms with Crippen molar-refractivity contribution in [2.45, 2.75) is 25.9 Å². The Morgan fingerprint density at radius 2 is 1.63 bits per heavy atom. The number of halogens is 2. The molecular weight excluding hydrogens is 277 g/mol. The van der Waals surface area contributed by atoms with Gasteiger partial charge in [0.2, 0.25) is 0 Å². The van der Waals surface area contributed by atoms with Crippen molar-refractivity contribution in [2.24, 2.45) is 0 Å². The molecule has 19 heavy (non-hydrogen) atoms. The first-order valence-electron chi connectivity index (χ1n) is 6.34. The van der Waals surface area contributed by atoms with E-state index in [2.05, 4.69) is 25.2 Å². The first-order chi connectivity index (χ1) is 9.08. The molecule has 0 spiro atoms. The summed E-state index contributed by atoms with van der Waals surface area (Å²) in [5.41, 5.74) is 2.28. The third-order valence-corrected chi connectivity index (χ3v) is 3.80. The van der Waals surface area contributed by atoms with E-state index in [1.54, 1.807) is 0 Å². The van der Waals surface area contributed by atoms with Gasteiger partial charge in [0.1, 0.15) is 0 Å². The van der Waals surface area contributed by atoms with Crippen molar-refractivity contribution in [1.29, 1.82) is 0 Å². The van der Waals surface area contributed by atoms with E-state index in [1.807, 2.05) is 42.5 Å². The van der Waals surface area contributed by atoms with Crippen LogP contribution in [0.4, 0.5) is 0 Å². The van der Waals surface area contributed by atoms with Crippen LogP contribution in [-0.2, 0) is 0 Å². The molecule has 0 aliphatic heterocycles. The van der Waals surface area contributed by atoms with Crippen LogP contribution in [0, 0.1) is 0 Å². The number of hydrogen-bond donors (Lipinski definition) is 1. The molecule has 0 saturated heterocycles. The zero-order chi connectivity index (χ0) is 13.8. The molecule has 0 fully saturated rings. The first-order valence-corrected chi connectivity index (χ1v) is 7.09. The van der Waals surface area contributed by atoms with E-state index in [0.29, 0.717) is 0 Å². The van der Waals surface area contributed by atoms with E-state index in [9.17, 15) is 0 Å². The lowest BCUT2D eigenvalue weighted by Crippen LogP contribution is -2.22. The molecule has 1 unspecified atom stereocenters. The Hall–Kier alpha value is -1.02. The molecule has 3 heteroatoms. The number of rotatable bonds is 4. The van der Waals surface area contributed by atoms with E-state index in [1.165, 1.54) is 5.56 Å². The number of benzene rings is 2. The molecule has 0 amide bonds. The third kappa shape index (κ3) is 3.73. The first kappa shape index (κ1) is 14.4. The molecule has 100 valence electrons. The summed E-state index contributed by atoms with van der Waals surface area (Å²) in [6, 6.07) is 16.2. The predicted octanol–water partition coefficient (Wildman–Crippen LogP) is 5.41. The van der Waals surface area contributed by atoms with Gasteiger partial charge in [-0.3, -0.25) is 0 Å². The van der Waals surface area contributed by atoms with Crippen molar-refractivity contribution in [3.63, 3.8) is 0 Å². The van der Waals surface area contributed by atoms with Gasteiger partial charge in [0.15, 0.2) is 0 Å². The Morgan fingerprint density at radius 3 is 2.32 bits per heavy atom. The van der Waals surface area contributed by atoms with E-state index in [4.69, 9.17) is 23.2 Å². The van der Waals surface area contributed by atoms with Crippen LogP contribution in [0.3, 0.4) is 0 Å². The summed E-state index contributed by atoms with van der Waals surface area (Å²) in [7, 11) is 0. The Morgan fingerprint density at radius 1 is 0.895 bits per heavy atom. The minimum Gasteiger partial charge on any atom is -0.304 e. The Kier molecular flexibility index (Phi) is 4.87. The average molecular weight is 294 g/mol. The molecule has 1 nitrogen and oxygen atoms in total. The number of hydrogen-bond acceptors (Lipinski definition) is 1. The van der Waals surface area contributed by atoms with Crippen LogP contribution in [0.5, 0.6) is 0 Å². The maximum atomic E-state index is 6.21. The molecule has 0 aliphatic carbocycles. The molecule has 2 atom stereocenters. The van der Waals surface area contributed by atoms with Gasteiger partial charge >= 0.3 is 0 Å². The Labute approximate surface area is 124 Å². The Bertz CT molecular complexity index is 554. The fourth-order valence-electron chi connectivity index (χ4n) is 2.16. The average Bonchev–Trinajstić information content (AvgIpc) is 2.39. The lowest BCUT2D eigenvalue weighted by molar-refractivity contribution is 0.495. The highest BCUT2D eigenvalue weighted by molar-refractivity contribution is 6.31. The summed E-state index contributed by atoms with van der Waals surface area (Å²) in [4.78, 5) is 0. The maximum Gasteiger partial charge on any atom is 0.0453 e. The largest absolute Gasteiger partial charge is 0.304 e. The highest BCUT2D eigenvalue weighted by atomic mass is 35.5. The predicted molar refractivity (Wildman–Crippen MR) is 82.9 cm³/mol. The second kappa shape index (κ2) is 6.42. The van der Waals surface area contributed by atoms with Crippen LogP contribution in [0.15, 0.2) is 48.5 Å². The van der Waals surface area contributed by atoms with Crippen molar-refractivity contribution in [1.82, 2.24) is 5.32 Å². The van der Waals surface area contributed by atoms with Crippen LogP contribution >= 0.6 is 23.2 Å². The van der Waals surface area contributed by atoms with Crippen molar-refractivity contribution in [3.8, 4) is 0 Å². The zero-order valence-electron chi connectivity index (χ0n) is 11.0. The highest BCUT2D eigenvalue weighted by Crippen LogP contribution is 2.25. The summed E-state index contributed by atoms with van der Waals surface area (Å²) < 4.78 is 0. The van der Waals surface area contributed by atoms with Crippen molar-refractivity contribution in [3.05, 3.63) is 69.7 Å². The Balaban J connectivity index is 2.11. The zero-order valence-corrected chi connectivity index (χ0v) is 12.5. The normalized spacial score (nSPS) is 14.1. The molecule has 0 bridgehead atoms. The van der Waals surface area contributed by atoms with E-state index in [-0.39, 0.29) is 12.1 Å². The van der Waals surface area contributed by atoms with Gasteiger partial charge in [-0.15, -0.1) is 0 Å². The quantitative estimate of drug-likeness (QED) is 0.795. The molecule has 0 radical (unpaired) electrons. The van der Waals surface area contributed by atoms with Gasteiger partial charge in [-0.25, -0.2) is 0 Å². The molecule has 0 saturated carbocycles. The van der Waals surface area contributed by atoms with Gasteiger partial charge < -0.3 is 5.32 Å². The van der Waals surface area contributed by atoms with Crippen LogP contribution < -0.4 is 5.32 Å². The minimum absolute atomic E-state index is 0.183. The second-order valence-corrected chi connectivity index (χ2v) is 5.53. The summed E-state index contributed by atoms with van der Waals surface area (Å²) in [5, 5.41) is 5.09. The van der Waals surface area contributed by atoms with Crippen LogP contribution in [-0.4, -0.2) is 0 Å². The summed E-state index contributed by atoms with van der Waals surface area (Å²) in [5.74, 6) is 0. The van der Waals surface area contributed by atoms with Crippen LogP contribution in [0.25, 0.3) is 0 Å². The van der Waals surface area contributed by atoms with Gasteiger partial charge in [-0.05, 0) is 43.2 Å². The van der Waals surface area contributed by atoms with E-state index < -0.39 is 0 Å². The molecule has 0 aromatic heterocycles. The maximum absolute atomic E-state index is 6.21. The monoisotopic (exact) mass is 293 g/mol. The summed E-state index contributed by atoms with van der Waals surface area (Å²) in [6.07, 6.45) is 0. The lowest BCUT2D eigenvalue weighted by Gasteiger charge is -2.21. The van der Waals surface area contributed by atoms with Crippen molar-refractivity contribution in [2.75, 3.05) is 0 Å². The molecule has 1 N–H and O–H groups in total. The van der Waals surface area contributed by atoms with Gasteiger partial charge in [0, 0.05) is 22.1 Å². The molecular formula is C16H17Cl2N. The van der Waals surface area contributed by atoms with E-state index in [0.717, 1.165) is 15.6 Å². The molecule has 2 rings (SSSR count).